The van der Waals surface area contributed by atoms with E-state index < -0.39 is 20.7 Å². The highest BCUT2D eigenvalue weighted by molar-refractivity contribution is 7.85. The summed E-state index contributed by atoms with van der Waals surface area (Å²) in [6.45, 7) is 0.0170. The maximum Gasteiger partial charge on any atom is 0.337 e. The second-order valence-electron chi connectivity index (χ2n) is 6.02. The van der Waals surface area contributed by atoms with Crippen molar-refractivity contribution >= 4 is 48.8 Å². The molecule has 11 heteroatoms. The Bertz CT molecular complexity index is 1380. The van der Waals surface area contributed by atoms with Crippen LogP contribution < -0.4 is 5.36 Å². The fourth-order valence-electron chi connectivity index (χ4n) is 3.14. The standard InChI is InChI=1S/C16H14N4O6S/c1-27(23,24)25-7-6-19-11-8-10(17)15(20(21)22)16-13(11)14(18-19)9-4-2-3-5-12(9)26-16/h2-5,8,17-18H,6-7H2,1H3. The lowest BCUT2D eigenvalue weighted by Crippen LogP contribution is -2.13. The number of aromatic amines is 1. The topological polar surface area (TPSA) is 144 Å². The van der Waals surface area contributed by atoms with E-state index in [1.807, 2.05) is 6.07 Å². The molecule has 0 spiro atoms. The summed E-state index contributed by atoms with van der Waals surface area (Å²) < 4.78 is 34.5. The molecule has 0 aliphatic heterocycles. The Kier molecular flexibility index (Phi) is 3.78. The molecule has 2 heterocycles. The highest BCUT2D eigenvalue weighted by atomic mass is 32.2. The predicted molar refractivity (Wildman–Crippen MR) is 96.9 cm³/mol. The monoisotopic (exact) mass is 390 g/mol. The number of nitrogens with zero attached hydrogens (tertiary/aromatic N) is 2. The summed E-state index contributed by atoms with van der Waals surface area (Å²) >= 11 is 0. The van der Waals surface area contributed by atoms with Crippen LogP contribution in [0.5, 0.6) is 0 Å². The molecule has 0 fully saturated rings. The van der Waals surface area contributed by atoms with Crippen LogP contribution in [0.3, 0.4) is 0 Å². The fourth-order valence-corrected chi connectivity index (χ4v) is 3.52. The van der Waals surface area contributed by atoms with Crippen molar-refractivity contribution in [2.24, 2.45) is 0 Å². The molecule has 27 heavy (non-hydrogen) atoms. The van der Waals surface area contributed by atoms with Crippen molar-refractivity contribution in [2.45, 2.75) is 6.54 Å². The van der Waals surface area contributed by atoms with E-state index in [-0.39, 0.29) is 24.1 Å². The Balaban J connectivity index is 2.04. The first-order valence-electron chi connectivity index (χ1n) is 7.86. The van der Waals surface area contributed by atoms with E-state index in [0.717, 1.165) is 6.26 Å². The lowest BCUT2D eigenvalue weighted by atomic mass is 10.1. The number of nitrogens with one attached hydrogen (secondary N) is 2. The number of nitro benzene ring substituents is 1. The maximum absolute atomic E-state index is 11.5. The van der Waals surface area contributed by atoms with Crippen molar-refractivity contribution < 1.29 is 21.9 Å². The van der Waals surface area contributed by atoms with Gasteiger partial charge in [0, 0.05) is 5.39 Å². The Hall–Kier alpha value is -3.18. The summed E-state index contributed by atoms with van der Waals surface area (Å²) in [6, 6.07) is 8.40. The van der Waals surface area contributed by atoms with Gasteiger partial charge >= 0.3 is 5.69 Å². The Morgan fingerprint density at radius 2 is 2.11 bits per heavy atom. The third-order valence-corrected chi connectivity index (χ3v) is 4.78. The van der Waals surface area contributed by atoms with Crippen LogP contribution in [0, 0.1) is 15.5 Å². The van der Waals surface area contributed by atoms with Gasteiger partial charge in [0.2, 0.25) is 5.58 Å². The number of rotatable bonds is 5. The van der Waals surface area contributed by atoms with Crippen LogP contribution in [0.1, 0.15) is 0 Å². The number of non-ortho nitro benzene ring substituents is 1. The van der Waals surface area contributed by atoms with Gasteiger partial charge in [0.15, 0.2) is 0 Å². The van der Waals surface area contributed by atoms with Crippen molar-refractivity contribution in [2.75, 3.05) is 12.9 Å². The fraction of sp³-hybridized carbons (Fsp3) is 0.188. The van der Waals surface area contributed by atoms with Crippen LogP contribution in [0.4, 0.5) is 5.69 Å². The van der Waals surface area contributed by atoms with Crippen LogP contribution in [0.25, 0.3) is 33.0 Å². The molecule has 2 aromatic heterocycles. The Labute approximate surface area is 151 Å². The highest BCUT2D eigenvalue weighted by Crippen LogP contribution is 2.35. The van der Waals surface area contributed by atoms with Gasteiger partial charge in [-0.3, -0.25) is 29.5 Å². The molecule has 0 saturated heterocycles. The molecule has 0 unspecified atom stereocenters. The molecule has 0 atom stereocenters. The van der Waals surface area contributed by atoms with Crippen LogP contribution in [0.15, 0.2) is 34.7 Å². The van der Waals surface area contributed by atoms with Gasteiger partial charge in [-0.15, -0.1) is 0 Å². The number of nitro groups is 1. The average Bonchev–Trinajstić information content (AvgIpc) is 2.93. The zero-order valence-corrected chi connectivity index (χ0v) is 14.9. The minimum absolute atomic E-state index is 0.00442. The lowest BCUT2D eigenvalue weighted by molar-refractivity contribution is -0.385. The second kappa shape index (κ2) is 5.93. The Morgan fingerprint density at radius 3 is 2.81 bits per heavy atom. The number of hydrogen-bond donors (Lipinski definition) is 2. The molecule has 0 aliphatic carbocycles. The first kappa shape index (κ1) is 17.2. The molecule has 2 aromatic carbocycles. The zero-order valence-electron chi connectivity index (χ0n) is 14.1. The number of para-hydroxylation sites is 1. The zero-order chi connectivity index (χ0) is 19.3. The molecule has 0 aliphatic rings. The smallest absolute Gasteiger partial charge is 0.337 e. The lowest BCUT2D eigenvalue weighted by Gasteiger charge is -2.05. The van der Waals surface area contributed by atoms with Crippen molar-refractivity contribution in [1.29, 1.82) is 5.41 Å². The van der Waals surface area contributed by atoms with Gasteiger partial charge < -0.3 is 4.42 Å². The van der Waals surface area contributed by atoms with Gasteiger partial charge in [-0.05, 0) is 18.2 Å². The first-order chi connectivity index (χ1) is 12.8. The average molecular weight is 390 g/mol. The summed E-state index contributed by atoms with van der Waals surface area (Å²) in [5, 5.41) is 23.5. The van der Waals surface area contributed by atoms with E-state index >= 15 is 0 Å². The molecule has 4 aromatic rings. The normalized spacial score (nSPS) is 12.3. The van der Waals surface area contributed by atoms with Gasteiger partial charge in [-0.1, -0.05) is 12.1 Å². The number of hydrogen-bond acceptors (Lipinski definition) is 7. The SMILES string of the molecule is CS(=O)(=O)OCCn1[nH]c2c3ccccc3oc3c([N+](=O)[O-])c(=N)cc1c32. The van der Waals surface area contributed by atoms with Crippen LogP contribution in [-0.2, 0) is 20.8 Å². The molecule has 4 rings (SSSR count). The Morgan fingerprint density at radius 1 is 1.37 bits per heavy atom. The summed E-state index contributed by atoms with van der Waals surface area (Å²) in [5.41, 5.74) is 1.10. The van der Waals surface area contributed by atoms with E-state index in [1.165, 1.54) is 6.07 Å². The molecular weight excluding hydrogens is 376 g/mol. The van der Waals surface area contributed by atoms with Crippen molar-refractivity contribution in [1.82, 2.24) is 9.78 Å². The van der Waals surface area contributed by atoms with E-state index in [9.17, 15) is 18.5 Å². The van der Waals surface area contributed by atoms with Crippen LogP contribution >= 0.6 is 0 Å². The summed E-state index contributed by atoms with van der Waals surface area (Å²) in [4.78, 5) is 10.8. The molecule has 0 bridgehead atoms. The minimum Gasteiger partial charge on any atom is -0.449 e. The van der Waals surface area contributed by atoms with Gasteiger partial charge in [0.05, 0.1) is 40.8 Å². The third kappa shape index (κ3) is 2.86. The van der Waals surface area contributed by atoms with Gasteiger partial charge in [-0.2, -0.15) is 8.42 Å². The largest absolute Gasteiger partial charge is 0.449 e. The van der Waals surface area contributed by atoms with E-state index in [2.05, 4.69) is 5.10 Å². The third-order valence-electron chi connectivity index (χ3n) is 4.19. The molecule has 10 nitrogen and oxygen atoms in total. The van der Waals surface area contributed by atoms with Gasteiger partial charge in [-0.25, -0.2) is 0 Å². The van der Waals surface area contributed by atoms with E-state index in [0.29, 0.717) is 27.4 Å². The van der Waals surface area contributed by atoms with Crippen LogP contribution in [-0.4, -0.2) is 36.0 Å². The number of fused-ring (bicyclic) bond motifs is 2. The molecule has 0 saturated carbocycles. The van der Waals surface area contributed by atoms with E-state index in [4.69, 9.17) is 14.0 Å². The molecule has 0 radical (unpaired) electrons. The molecule has 2 N–H and O–H groups in total. The minimum atomic E-state index is -3.60. The maximum atomic E-state index is 11.5. The quantitative estimate of drug-likeness (QED) is 0.231. The van der Waals surface area contributed by atoms with Crippen molar-refractivity contribution in [3.05, 3.63) is 45.8 Å². The molecule has 0 amide bonds. The second-order valence-corrected chi connectivity index (χ2v) is 7.66. The first-order valence-corrected chi connectivity index (χ1v) is 9.68. The van der Waals surface area contributed by atoms with Gasteiger partial charge in [0.1, 0.15) is 10.9 Å². The summed E-state index contributed by atoms with van der Waals surface area (Å²) in [7, 11) is -3.60. The summed E-state index contributed by atoms with van der Waals surface area (Å²) in [5.74, 6) is 0. The number of aromatic nitrogens is 2. The highest BCUT2D eigenvalue weighted by Gasteiger charge is 2.25. The number of H-pyrrole nitrogens is 1. The predicted octanol–water partition coefficient (Wildman–Crippen LogP) is 2.23. The summed E-state index contributed by atoms with van der Waals surface area (Å²) in [6.07, 6.45) is 0.956. The molecular formula is C16H14N4O6S. The van der Waals surface area contributed by atoms with E-state index in [1.54, 1.807) is 22.9 Å². The van der Waals surface area contributed by atoms with Crippen molar-refractivity contribution in [3.63, 3.8) is 0 Å². The number of benzene rings is 2. The van der Waals surface area contributed by atoms with Crippen LogP contribution in [0.2, 0.25) is 0 Å². The van der Waals surface area contributed by atoms with Gasteiger partial charge in [0.25, 0.3) is 10.1 Å². The van der Waals surface area contributed by atoms with Crippen molar-refractivity contribution in [3.8, 4) is 0 Å². The molecule has 140 valence electrons.